The van der Waals surface area contributed by atoms with E-state index in [1.165, 1.54) is 0 Å². The number of carbonyl (C=O) groups excluding carboxylic acids is 1. The van der Waals surface area contributed by atoms with Gasteiger partial charge in [-0.2, -0.15) is 0 Å². The van der Waals surface area contributed by atoms with Crippen molar-refractivity contribution in [1.82, 2.24) is 19.9 Å². The Morgan fingerprint density at radius 3 is 2.74 bits per heavy atom. The first kappa shape index (κ1) is 21.1. The number of ether oxygens (including phenoxy) is 1. The molecule has 4 aromatic rings. The number of aromatic nitrogens is 3. The largest absolute Gasteiger partial charge is 0.496 e. The maximum absolute atomic E-state index is 12.3. The number of aryl methyl sites for hydroxylation is 2. The molecular weight excluding hydrogens is 456 g/mol. The number of fused-ring (bicyclic) bond motifs is 1. The topological polar surface area (TPSA) is 69.0 Å². The summed E-state index contributed by atoms with van der Waals surface area (Å²) >= 11 is 3.45. The quantitative estimate of drug-likeness (QED) is 0.416. The van der Waals surface area contributed by atoms with Gasteiger partial charge in [0.15, 0.2) is 5.65 Å². The van der Waals surface area contributed by atoms with E-state index in [9.17, 15) is 4.79 Å². The Bertz CT molecular complexity index is 1220. The molecule has 2 heterocycles. The molecule has 0 bridgehead atoms. The zero-order valence-electron chi connectivity index (χ0n) is 17.4. The summed E-state index contributed by atoms with van der Waals surface area (Å²) in [5.41, 5.74) is 4.77. The Kier molecular flexibility index (Phi) is 6.32. The van der Waals surface area contributed by atoms with Gasteiger partial charge in [0, 0.05) is 34.9 Å². The fraction of sp³-hybridized carbons (Fsp3) is 0.208. The minimum absolute atomic E-state index is 0.00625. The maximum atomic E-state index is 12.3. The van der Waals surface area contributed by atoms with Gasteiger partial charge in [0.1, 0.15) is 17.1 Å². The lowest BCUT2D eigenvalue weighted by molar-refractivity contribution is -0.121. The number of rotatable bonds is 7. The molecule has 2 aromatic carbocycles. The van der Waals surface area contributed by atoms with Crippen molar-refractivity contribution in [3.63, 3.8) is 0 Å². The second kappa shape index (κ2) is 9.31. The lowest BCUT2D eigenvalue weighted by atomic mass is 10.1. The molecule has 1 N–H and O–H groups in total. The van der Waals surface area contributed by atoms with Crippen molar-refractivity contribution in [2.45, 2.75) is 26.3 Å². The van der Waals surface area contributed by atoms with E-state index >= 15 is 0 Å². The highest BCUT2D eigenvalue weighted by Crippen LogP contribution is 2.23. The van der Waals surface area contributed by atoms with Crippen molar-refractivity contribution >= 4 is 33.0 Å². The molecule has 0 aliphatic rings. The van der Waals surface area contributed by atoms with Crippen molar-refractivity contribution in [2.75, 3.05) is 7.11 Å². The van der Waals surface area contributed by atoms with Crippen LogP contribution in [0.3, 0.4) is 0 Å². The normalized spacial score (nSPS) is 10.9. The SMILES string of the molecule is COc1ccc(Br)cc1CNC(=O)CCc1ccc(-n2c(C)nc3cccnc32)cc1. The third-order valence-electron chi connectivity index (χ3n) is 5.14. The second-order valence-corrected chi connectivity index (χ2v) is 8.16. The van der Waals surface area contributed by atoms with E-state index in [-0.39, 0.29) is 5.91 Å². The number of hydrogen-bond donors (Lipinski definition) is 1. The average Bonchev–Trinajstić information content (AvgIpc) is 3.12. The Hall–Kier alpha value is -3.19. The van der Waals surface area contributed by atoms with Crippen molar-refractivity contribution in [2.24, 2.45) is 0 Å². The summed E-state index contributed by atoms with van der Waals surface area (Å²) in [5, 5.41) is 2.97. The third kappa shape index (κ3) is 4.77. The van der Waals surface area contributed by atoms with Crippen molar-refractivity contribution in [3.05, 3.63) is 82.2 Å². The lowest BCUT2D eigenvalue weighted by Crippen LogP contribution is -2.23. The number of carbonyl (C=O) groups is 1. The number of pyridine rings is 1. The highest BCUT2D eigenvalue weighted by molar-refractivity contribution is 9.10. The maximum Gasteiger partial charge on any atom is 0.220 e. The fourth-order valence-electron chi connectivity index (χ4n) is 3.57. The number of halogens is 1. The predicted octanol–water partition coefficient (Wildman–Crippen LogP) is 4.75. The summed E-state index contributed by atoms with van der Waals surface area (Å²) < 4.78 is 8.35. The van der Waals surface area contributed by atoms with Crippen LogP contribution in [0.4, 0.5) is 0 Å². The van der Waals surface area contributed by atoms with Gasteiger partial charge in [0.2, 0.25) is 5.91 Å². The van der Waals surface area contributed by atoms with E-state index < -0.39 is 0 Å². The molecule has 0 saturated heterocycles. The number of imidazole rings is 1. The van der Waals surface area contributed by atoms with Crippen LogP contribution in [-0.4, -0.2) is 27.6 Å². The minimum Gasteiger partial charge on any atom is -0.496 e. The molecule has 0 fully saturated rings. The molecule has 0 spiro atoms. The van der Waals surface area contributed by atoms with Crippen LogP contribution < -0.4 is 10.1 Å². The summed E-state index contributed by atoms with van der Waals surface area (Å²) in [6, 6.07) is 17.8. The second-order valence-electron chi connectivity index (χ2n) is 7.24. The summed E-state index contributed by atoms with van der Waals surface area (Å²) in [6.45, 7) is 2.40. The molecule has 158 valence electrons. The van der Waals surface area contributed by atoms with Crippen LogP contribution in [0, 0.1) is 6.92 Å². The van der Waals surface area contributed by atoms with E-state index in [1.807, 2.05) is 66.1 Å². The van der Waals surface area contributed by atoms with Gasteiger partial charge in [-0.05, 0) is 61.4 Å². The summed E-state index contributed by atoms with van der Waals surface area (Å²) in [6.07, 6.45) is 2.87. The molecule has 0 atom stereocenters. The minimum atomic E-state index is 0.00625. The molecule has 0 unspecified atom stereocenters. The fourth-order valence-corrected chi connectivity index (χ4v) is 3.98. The number of nitrogens with zero attached hydrogens (tertiary/aromatic N) is 3. The van der Waals surface area contributed by atoms with E-state index in [1.54, 1.807) is 13.3 Å². The van der Waals surface area contributed by atoms with Gasteiger partial charge in [0.05, 0.1) is 7.11 Å². The van der Waals surface area contributed by atoms with Crippen molar-refractivity contribution in [3.8, 4) is 11.4 Å². The van der Waals surface area contributed by atoms with Crippen LogP contribution in [0.5, 0.6) is 5.75 Å². The van der Waals surface area contributed by atoms with E-state index in [4.69, 9.17) is 4.74 Å². The highest BCUT2D eigenvalue weighted by Gasteiger charge is 2.11. The Morgan fingerprint density at radius 1 is 1.16 bits per heavy atom. The van der Waals surface area contributed by atoms with Gasteiger partial charge in [-0.1, -0.05) is 28.1 Å². The standard InChI is InChI=1S/C24H23BrN4O2/c1-16-28-21-4-3-13-26-24(21)29(16)20-9-5-17(6-10-20)7-12-23(30)27-15-18-14-19(25)8-11-22(18)31-2/h3-6,8-11,13-14H,7,12,15H2,1-2H3,(H,27,30). The van der Waals surface area contributed by atoms with Gasteiger partial charge in [-0.3, -0.25) is 9.36 Å². The summed E-state index contributed by atoms with van der Waals surface area (Å²) in [4.78, 5) is 21.4. The molecule has 1 amide bonds. The van der Waals surface area contributed by atoms with Gasteiger partial charge in [-0.15, -0.1) is 0 Å². The molecule has 0 aliphatic carbocycles. The molecule has 31 heavy (non-hydrogen) atoms. The Morgan fingerprint density at radius 2 is 1.97 bits per heavy atom. The summed E-state index contributed by atoms with van der Waals surface area (Å²) in [7, 11) is 1.63. The molecule has 6 nitrogen and oxygen atoms in total. The van der Waals surface area contributed by atoms with Crippen LogP contribution in [0.1, 0.15) is 23.4 Å². The Labute approximate surface area is 189 Å². The number of nitrogens with one attached hydrogen (secondary N) is 1. The van der Waals surface area contributed by atoms with E-state index in [0.717, 1.165) is 44.0 Å². The summed E-state index contributed by atoms with van der Waals surface area (Å²) in [5.74, 6) is 1.66. The third-order valence-corrected chi connectivity index (χ3v) is 5.63. The Balaban J connectivity index is 1.37. The van der Waals surface area contributed by atoms with Crippen LogP contribution >= 0.6 is 15.9 Å². The molecule has 0 radical (unpaired) electrons. The zero-order valence-corrected chi connectivity index (χ0v) is 19.0. The first-order chi connectivity index (χ1) is 15.0. The molecular formula is C24H23BrN4O2. The first-order valence-electron chi connectivity index (χ1n) is 10.0. The highest BCUT2D eigenvalue weighted by atomic mass is 79.9. The molecule has 0 saturated carbocycles. The molecule has 0 aliphatic heterocycles. The van der Waals surface area contributed by atoms with Gasteiger partial charge >= 0.3 is 0 Å². The number of amides is 1. The number of benzene rings is 2. The van der Waals surface area contributed by atoms with Crippen LogP contribution in [-0.2, 0) is 17.8 Å². The van der Waals surface area contributed by atoms with Crippen molar-refractivity contribution < 1.29 is 9.53 Å². The van der Waals surface area contributed by atoms with Gasteiger partial charge in [0.25, 0.3) is 0 Å². The lowest BCUT2D eigenvalue weighted by Gasteiger charge is -2.11. The van der Waals surface area contributed by atoms with Crippen LogP contribution in [0.2, 0.25) is 0 Å². The molecule has 4 rings (SSSR count). The first-order valence-corrected chi connectivity index (χ1v) is 10.8. The monoisotopic (exact) mass is 478 g/mol. The van der Waals surface area contributed by atoms with Crippen LogP contribution in [0.15, 0.2) is 65.3 Å². The van der Waals surface area contributed by atoms with Crippen molar-refractivity contribution in [1.29, 1.82) is 0 Å². The van der Waals surface area contributed by atoms with Crippen LogP contribution in [0.25, 0.3) is 16.9 Å². The zero-order chi connectivity index (χ0) is 21.8. The van der Waals surface area contributed by atoms with E-state index in [0.29, 0.717) is 19.4 Å². The van der Waals surface area contributed by atoms with Gasteiger partial charge < -0.3 is 10.1 Å². The number of methoxy groups -OCH3 is 1. The smallest absolute Gasteiger partial charge is 0.220 e. The molecule has 2 aromatic heterocycles. The van der Waals surface area contributed by atoms with E-state index in [2.05, 4.69) is 31.2 Å². The predicted molar refractivity (Wildman–Crippen MR) is 124 cm³/mol. The average molecular weight is 479 g/mol. The molecule has 7 heteroatoms. The number of hydrogen-bond acceptors (Lipinski definition) is 4. The van der Waals surface area contributed by atoms with Gasteiger partial charge in [-0.25, -0.2) is 9.97 Å².